The lowest BCUT2D eigenvalue weighted by atomic mass is 10.0. The number of carbonyl (C=O) groups is 1. The summed E-state index contributed by atoms with van der Waals surface area (Å²) in [5.74, 6) is -0.446. The monoisotopic (exact) mass is 242 g/mol. The number of hydrogen-bond acceptors (Lipinski definition) is 4. The Balaban J connectivity index is 2.64. The number of methoxy groups -OCH3 is 1. The van der Waals surface area contributed by atoms with E-state index in [4.69, 9.17) is 4.74 Å². The van der Waals surface area contributed by atoms with Gasteiger partial charge in [0.15, 0.2) is 5.69 Å². The number of esters is 1. The summed E-state index contributed by atoms with van der Waals surface area (Å²) in [5, 5.41) is 0. The van der Waals surface area contributed by atoms with Gasteiger partial charge in [-0.15, -0.1) is 0 Å². The number of carbonyl (C=O) groups excluding carboxylic acids is 1. The second-order valence-corrected chi connectivity index (χ2v) is 4.01. The van der Waals surface area contributed by atoms with Crippen LogP contribution in [0.4, 0.5) is 0 Å². The van der Waals surface area contributed by atoms with Crippen molar-refractivity contribution in [3.63, 3.8) is 0 Å². The molecule has 0 radical (unpaired) electrons. The maximum atomic E-state index is 11.8. The summed E-state index contributed by atoms with van der Waals surface area (Å²) in [6, 6.07) is 7.52. The molecular weight excluding hydrogens is 228 g/mol. The molecule has 0 bridgehead atoms. The highest BCUT2D eigenvalue weighted by molar-refractivity contribution is 5.95. The van der Waals surface area contributed by atoms with Gasteiger partial charge >= 0.3 is 5.97 Å². The Morgan fingerprint density at radius 1 is 1.22 bits per heavy atom. The van der Waals surface area contributed by atoms with Crippen molar-refractivity contribution in [3.8, 4) is 11.3 Å². The Kier molecular flexibility index (Phi) is 3.37. The van der Waals surface area contributed by atoms with Crippen LogP contribution in [-0.4, -0.2) is 23.0 Å². The van der Waals surface area contributed by atoms with E-state index in [1.54, 1.807) is 6.20 Å². The number of aromatic nitrogens is 2. The maximum Gasteiger partial charge on any atom is 0.357 e. The SMILES string of the molecule is COC(=O)c1nc(C)ccc1-c1ncccc1C. The molecule has 0 atom stereocenters. The first-order valence-electron chi connectivity index (χ1n) is 5.61. The Hall–Kier alpha value is -2.23. The largest absolute Gasteiger partial charge is 0.464 e. The number of hydrogen-bond donors (Lipinski definition) is 0. The van der Waals surface area contributed by atoms with Crippen molar-refractivity contribution >= 4 is 5.97 Å². The average Bonchev–Trinajstić information content (AvgIpc) is 2.39. The highest BCUT2D eigenvalue weighted by Crippen LogP contribution is 2.24. The van der Waals surface area contributed by atoms with E-state index in [-0.39, 0.29) is 0 Å². The van der Waals surface area contributed by atoms with Crippen LogP contribution in [0.2, 0.25) is 0 Å². The van der Waals surface area contributed by atoms with Crippen LogP contribution in [0.3, 0.4) is 0 Å². The van der Waals surface area contributed by atoms with Crippen molar-refractivity contribution < 1.29 is 9.53 Å². The van der Waals surface area contributed by atoms with Gasteiger partial charge in [0.2, 0.25) is 0 Å². The van der Waals surface area contributed by atoms with Gasteiger partial charge in [0.05, 0.1) is 12.8 Å². The van der Waals surface area contributed by atoms with Gasteiger partial charge in [0, 0.05) is 17.5 Å². The van der Waals surface area contributed by atoms with Crippen LogP contribution in [-0.2, 0) is 4.74 Å². The predicted octanol–water partition coefficient (Wildman–Crippen LogP) is 2.55. The molecule has 92 valence electrons. The first-order chi connectivity index (χ1) is 8.63. The van der Waals surface area contributed by atoms with Crippen LogP contribution in [0.15, 0.2) is 30.5 Å². The number of aryl methyl sites for hydroxylation is 2. The first kappa shape index (κ1) is 12.2. The van der Waals surface area contributed by atoms with Crippen molar-refractivity contribution in [1.29, 1.82) is 0 Å². The number of ether oxygens (including phenoxy) is 1. The van der Waals surface area contributed by atoms with Crippen molar-refractivity contribution in [2.24, 2.45) is 0 Å². The van der Waals surface area contributed by atoms with E-state index in [9.17, 15) is 4.79 Å². The molecule has 0 saturated heterocycles. The Bertz CT molecular complexity index is 594. The molecule has 0 amide bonds. The van der Waals surface area contributed by atoms with Crippen LogP contribution < -0.4 is 0 Å². The predicted molar refractivity (Wildman–Crippen MR) is 68.3 cm³/mol. The lowest BCUT2D eigenvalue weighted by molar-refractivity contribution is 0.0594. The standard InChI is InChI=1S/C14H14N2O2/c1-9-5-4-8-15-12(9)11-7-6-10(2)16-13(11)14(17)18-3/h4-8H,1-3H3. The van der Waals surface area contributed by atoms with E-state index < -0.39 is 5.97 Å². The van der Waals surface area contributed by atoms with Crippen molar-refractivity contribution in [1.82, 2.24) is 9.97 Å². The molecule has 0 aromatic carbocycles. The molecule has 0 fully saturated rings. The molecule has 18 heavy (non-hydrogen) atoms. The molecule has 0 saturated carbocycles. The van der Waals surface area contributed by atoms with E-state index in [0.717, 1.165) is 17.0 Å². The van der Waals surface area contributed by atoms with Gasteiger partial charge in [-0.25, -0.2) is 9.78 Å². The van der Waals surface area contributed by atoms with Gasteiger partial charge < -0.3 is 4.74 Å². The molecule has 0 aliphatic heterocycles. The lowest BCUT2D eigenvalue weighted by Crippen LogP contribution is -2.08. The molecule has 0 aliphatic carbocycles. The highest BCUT2D eigenvalue weighted by Gasteiger charge is 2.17. The number of nitrogens with zero attached hydrogens (tertiary/aromatic N) is 2. The number of rotatable bonds is 2. The molecule has 4 nitrogen and oxygen atoms in total. The molecule has 0 spiro atoms. The van der Waals surface area contributed by atoms with Crippen LogP contribution in [0.25, 0.3) is 11.3 Å². The molecule has 2 aromatic heterocycles. The minimum atomic E-state index is -0.446. The number of pyridine rings is 2. The third kappa shape index (κ3) is 2.22. The molecule has 2 aromatic rings. The summed E-state index contributed by atoms with van der Waals surface area (Å²) in [6.07, 6.45) is 1.70. The third-order valence-corrected chi connectivity index (χ3v) is 2.68. The van der Waals surface area contributed by atoms with Crippen LogP contribution in [0.5, 0.6) is 0 Å². The van der Waals surface area contributed by atoms with Crippen LogP contribution >= 0.6 is 0 Å². The summed E-state index contributed by atoms with van der Waals surface area (Å²) in [7, 11) is 1.35. The quantitative estimate of drug-likeness (QED) is 0.759. The highest BCUT2D eigenvalue weighted by atomic mass is 16.5. The zero-order valence-corrected chi connectivity index (χ0v) is 10.6. The normalized spacial score (nSPS) is 10.2. The average molecular weight is 242 g/mol. The maximum absolute atomic E-state index is 11.8. The van der Waals surface area contributed by atoms with Crippen molar-refractivity contribution in [3.05, 3.63) is 47.4 Å². The summed E-state index contributed by atoms with van der Waals surface area (Å²) < 4.78 is 4.76. The summed E-state index contributed by atoms with van der Waals surface area (Å²) >= 11 is 0. The topological polar surface area (TPSA) is 52.1 Å². The molecular formula is C14H14N2O2. The molecule has 2 heterocycles. The lowest BCUT2D eigenvalue weighted by Gasteiger charge is -2.09. The summed E-state index contributed by atoms with van der Waals surface area (Å²) in [6.45, 7) is 3.78. The van der Waals surface area contributed by atoms with E-state index in [1.807, 2.05) is 38.1 Å². The second-order valence-electron chi connectivity index (χ2n) is 4.01. The third-order valence-electron chi connectivity index (χ3n) is 2.68. The van der Waals surface area contributed by atoms with E-state index in [1.165, 1.54) is 7.11 Å². The second kappa shape index (κ2) is 4.96. The Morgan fingerprint density at radius 2 is 2.00 bits per heavy atom. The summed E-state index contributed by atoms with van der Waals surface area (Å²) in [5.41, 5.74) is 3.52. The minimum Gasteiger partial charge on any atom is -0.464 e. The minimum absolute atomic E-state index is 0.305. The Labute approximate surface area is 106 Å². The molecule has 4 heteroatoms. The molecule has 2 rings (SSSR count). The van der Waals surface area contributed by atoms with E-state index in [0.29, 0.717) is 11.3 Å². The fraction of sp³-hybridized carbons (Fsp3) is 0.214. The fourth-order valence-corrected chi connectivity index (χ4v) is 1.77. The van der Waals surface area contributed by atoms with Crippen LogP contribution in [0.1, 0.15) is 21.7 Å². The summed E-state index contributed by atoms with van der Waals surface area (Å²) in [4.78, 5) is 20.3. The van der Waals surface area contributed by atoms with E-state index in [2.05, 4.69) is 9.97 Å². The molecule has 0 aliphatic rings. The van der Waals surface area contributed by atoms with Gasteiger partial charge in [-0.2, -0.15) is 0 Å². The molecule has 0 unspecified atom stereocenters. The van der Waals surface area contributed by atoms with Gasteiger partial charge in [-0.05, 0) is 37.6 Å². The van der Waals surface area contributed by atoms with Gasteiger partial charge in [-0.1, -0.05) is 6.07 Å². The van der Waals surface area contributed by atoms with Gasteiger partial charge in [0.1, 0.15) is 0 Å². The zero-order valence-electron chi connectivity index (χ0n) is 10.6. The van der Waals surface area contributed by atoms with Crippen LogP contribution in [0, 0.1) is 13.8 Å². The molecule has 0 N–H and O–H groups in total. The van der Waals surface area contributed by atoms with Gasteiger partial charge in [0.25, 0.3) is 0 Å². The Morgan fingerprint density at radius 3 is 2.67 bits per heavy atom. The first-order valence-corrected chi connectivity index (χ1v) is 5.61. The van der Waals surface area contributed by atoms with Gasteiger partial charge in [-0.3, -0.25) is 4.98 Å². The smallest absolute Gasteiger partial charge is 0.357 e. The fourth-order valence-electron chi connectivity index (χ4n) is 1.77. The van der Waals surface area contributed by atoms with Crippen molar-refractivity contribution in [2.45, 2.75) is 13.8 Å². The zero-order chi connectivity index (χ0) is 13.1. The van der Waals surface area contributed by atoms with E-state index >= 15 is 0 Å². The van der Waals surface area contributed by atoms with Crippen molar-refractivity contribution in [2.75, 3.05) is 7.11 Å².